The molecular weight excluding hydrogens is 296 g/mol. The molecule has 0 aliphatic rings. The largest absolute Gasteiger partial charge is 0.427 e. The number of anilines is 1. The van der Waals surface area contributed by atoms with E-state index in [1.54, 1.807) is 6.92 Å². The van der Waals surface area contributed by atoms with Gasteiger partial charge in [0.1, 0.15) is 17.4 Å². The number of carbonyl (C=O) groups excluding carboxylic acids is 2. The number of nitrogens with zero attached hydrogens (tertiary/aromatic N) is 1. The summed E-state index contributed by atoms with van der Waals surface area (Å²) in [7, 11) is 1.48. The molecule has 1 N–H and O–H groups in total. The lowest BCUT2D eigenvalue weighted by molar-refractivity contribution is -0.137. The number of carbonyl (C=O) groups is 2. The first-order valence-electron chi connectivity index (χ1n) is 7.31. The summed E-state index contributed by atoms with van der Waals surface area (Å²) in [5.41, 5.74) is -0.435. The van der Waals surface area contributed by atoms with Gasteiger partial charge in [0.25, 0.3) is 5.91 Å². The summed E-state index contributed by atoms with van der Waals surface area (Å²) in [4.78, 5) is 23.5. The Kier molecular flexibility index (Phi) is 6.28. The van der Waals surface area contributed by atoms with Crippen LogP contribution in [0.25, 0.3) is 0 Å². The highest BCUT2D eigenvalue weighted by atomic mass is 16.5. The summed E-state index contributed by atoms with van der Waals surface area (Å²) < 4.78 is 10.3. The molecule has 1 rings (SSSR count). The van der Waals surface area contributed by atoms with Gasteiger partial charge in [0.2, 0.25) is 0 Å². The van der Waals surface area contributed by atoms with E-state index < -0.39 is 11.6 Å². The maximum Gasteiger partial charge on any atom is 0.308 e. The zero-order valence-corrected chi connectivity index (χ0v) is 14.1. The third kappa shape index (κ3) is 5.08. The molecule has 0 fully saturated rings. The number of amides is 1. The van der Waals surface area contributed by atoms with Crippen molar-refractivity contribution in [2.24, 2.45) is 5.92 Å². The van der Waals surface area contributed by atoms with Gasteiger partial charge in [0.05, 0.1) is 11.3 Å². The van der Waals surface area contributed by atoms with Gasteiger partial charge in [-0.3, -0.25) is 9.59 Å². The zero-order valence-electron chi connectivity index (χ0n) is 14.1. The highest BCUT2D eigenvalue weighted by Crippen LogP contribution is 2.26. The molecule has 0 aliphatic heterocycles. The monoisotopic (exact) mass is 318 g/mol. The lowest BCUT2D eigenvalue weighted by atomic mass is 9.93. The number of rotatable bonds is 6. The molecule has 6 heteroatoms. The molecule has 0 spiro atoms. The molecule has 1 aromatic rings. The Morgan fingerprint density at radius 1 is 1.39 bits per heavy atom. The molecule has 0 saturated carbocycles. The second kappa shape index (κ2) is 7.75. The topological polar surface area (TPSA) is 88.4 Å². The number of methoxy groups -OCH3 is 1. The van der Waals surface area contributed by atoms with Gasteiger partial charge in [-0.1, -0.05) is 13.8 Å². The van der Waals surface area contributed by atoms with Crippen molar-refractivity contribution < 1.29 is 19.1 Å². The highest BCUT2D eigenvalue weighted by Gasteiger charge is 2.34. The molecule has 0 heterocycles. The summed E-state index contributed by atoms with van der Waals surface area (Å²) in [5, 5.41) is 11.9. The van der Waals surface area contributed by atoms with Crippen LogP contribution in [0.5, 0.6) is 5.75 Å². The fourth-order valence-corrected chi connectivity index (χ4v) is 2.26. The van der Waals surface area contributed by atoms with Crippen LogP contribution in [0, 0.1) is 17.2 Å². The number of nitriles is 1. The van der Waals surface area contributed by atoms with E-state index in [1.165, 1.54) is 32.2 Å². The maximum absolute atomic E-state index is 12.5. The zero-order chi connectivity index (χ0) is 17.6. The Balaban J connectivity index is 3.02. The second-order valence-electron chi connectivity index (χ2n) is 5.90. The van der Waals surface area contributed by atoms with Gasteiger partial charge < -0.3 is 14.8 Å². The highest BCUT2D eigenvalue weighted by molar-refractivity contribution is 5.98. The lowest BCUT2D eigenvalue weighted by Crippen LogP contribution is -2.43. The molecule has 1 atom stereocenters. The van der Waals surface area contributed by atoms with Gasteiger partial charge in [-0.15, -0.1) is 0 Å². The summed E-state index contributed by atoms with van der Waals surface area (Å²) in [6, 6.07) is 6.43. The molecule has 1 amide bonds. The second-order valence-corrected chi connectivity index (χ2v) is 5.90. The van der Waals surface area contributed by atoms with Crippen molar-refractivity contribution in [1.29, 1.82) is 5.26 Å². The Labute approximate surface area is 136 Å². The third-order valence-corrected chi connectivity index (χ3v) is 3.35. The molecular formula is C17H22N2O4. The van der Waals surface area contributed by atoms with Crippen molar-refractivity contribution >= 4 is 17.6 Å². The summed E-state index contributed by atoms with van der Waals surface area (Å²) in [6.07, 6.45) is 0.544. The van der Waals surface area contributed by atoms with E-state index >= 15 is 0 Å². The Bertz CT molecular complexity index is 634. The Morgan fingerprint density at radius 3 is 2.52 bits per heavy atom. The predicted octanol–water partition coefficient (Wildman–Crippen LogP) is 2.87. The van der Waals surface area contributed by atoms with Gasteiger partial charge >= 0.3 is 5.97 Å². The van der Waals surface area contributed by atoms with Crippen LogP contribution in [-0.4, -0.2) is 24.6 Å². The first-order valence-corrected chi connectivity index (χ1v) is 7.31. The van der Waals surface area contributed by atoms with Crippen LogP contribution >= 0.6 is 0 Å². The van der Waals surface area contributed by atoms with E-state index in [1.807, 2.05) is 19.9 Å². The van der Waals surface area contributed by atoms with Crippen molar-refractivity contribution in [3.8, 4) is 11.8 Å². The molecule has 0 aromatic heterocycles. The van der Waals surface area contributed by atoms with Crippen molar-refractivity contribution in [2.75, 3.05) is 12.4 Å². The van der Waals surface area contributed by atoms with Gasteiger partial charge in [-0.2, -0.15) is 5.26 Å². The predicted molar refractivity (Wildman–Crippen MR) is 86.0 cm³/mol. The maximum atomic E-state index is 12.5. The van der Waals surface area contributed by atoms with E-state index in [-0.39, 0.29) is 23.1 Å². The summed E-state index contributed by atoms with van der Waals surface area (Å²) >= 11 is 0. The Morgan fingerprint density at radius 2 is 2.04 bits per heavy atom. The lowest BCUT2D eigenvalue weighted by Gasteiger charge is -2.28. The fraction of sp³-hybridized carbons (Fsp3) is 0.471. The number of hydrogen-bond donors (Lipinski definition) is 1. The molecule has 6 nitrogen and oxygen atoms in total. The molecule has 0 unspecified atom stereocenters. The first-order chi connectivity index (χ1) is 10.7. The quantitative estimate of drug-likeness (QED) is 0.643. The normalized spacial score (nSPS) is 13.1. The fourth-order valence-electron chi connectivity index (χ4n) is 2.26. The number of esters is 1. The molecule has 0 aliphatic carbocycles. The summed E-state index contributed by atoms with van der Waals surface area (Å²) in [5.74, 6) is -0.281. The number of benzene rings is 1. The molecule has 124 valence electrons. The molecule has 1 aromatic carbocycles. The molecule has 0 bridgehead atoms. The van der Waals surface area contributed by atoms with Crippen LogP contribution in [0.2, 0.25) is 0 Å². The van der Waals surface area contributed by atoms with Crippen LogP contribution in [-0.2, 0) is 14.3 Å². The van der Waals surface area contributed by atoms with Crippen LogP contribution in [0.3, 0.4) is 0 Å². The van der Waals surface area contributed by atoms with E-state index in [0.717, 1.165) is 0 Å². The molecule has 23 heavy (non-hydrogen) atoms. The van der Waals surface area contributed by atoms with Crippen molar-refractivity contribution in [2.45, 2.75) is 39.7 Å². The number of nitrogens with one attached hydrogen (secondary N) is 1. The molecule has 0 saturated heterocycles. The number of ether oxygens (including phenoxy) is 2. The molecule has 0 radical (unpaired) electrons. The Hall–Kier alpha value is -2.39. The van der Waals surface area contributed by atoms with E-state index in [4.69, 9.17) is 9.47 Å². The van der Waals surface area contributed by atoms with E-state index in [9.17, 15) is 14.9 Å². The minimum absolute atomic E-state index is 0.208. The SMILES string of the molecule is CO[C@@](C)(CC(C)C)C(=O)Nc1ccc(OC(C)=O)cc1C#N. The minimum Gasteiger partial charge on any atom is -0.427 e. The minimum atomic E-state index is -0.991. The van der Waals surface area contributed by atoms with Crippen LogP contribution in [0.15, 0.2) is 18.2 Å². The average molecular weight is 318 g/mol. The van der Waals surface area contributed by atoms with Crippen molar-refractivity contribution in [3.63, 3.8) is 0 Å². The van der Waals surface area contributed by atoms with Gasteiger partial charge in [0, 0.05) is 20.1 Å². The van der Waals surface area contributed by atoms with Gasteiger partial charge in [-0.05, 0) is 31.4 Å². The third-order valence-electron chi connectivity index (χ3n) is 3.35. The summed E-state index contributed by atoms with van der Waals surface area (Å²) in [6.45, 7) is 6.98. The first kappa shape index (κ1) is 18.7. The van der Waals surface area contributed by atoms with Crippen LogP contribution < -0.4 is 10.1 Å². The van der Waals surface area contributed by atoms with E-state index in [2.05, 4.69) is 5.32 Å². The van der Waals surface area contributed by atoms with Crippen LogP contribution in [0.1, 0.15) is 39.7 Å². The smallest absolute Gasteiger partial charge is 0.308 e. The van der Waals surface area contributed by atoms with Gasteiger partial charge in [-0.25, -0.2) is 0 Å². The standard InChI is InChI=1S/C17H22N2O4/c1-11(2)9-17(4,22-5)16(21)19-15-7-6-14(23-12(3)20)8-13(15)10-18/h6-8,11H,9H2,1-5H3,(H,19,21)/t17-/m0/s1. The van der Waals surface area contributed by atoms with Gasteiger partial charge in [0.15, 0.2) is 0 Å². The van der Waals surface area contributed by atoms with Crippen molar-refractivity contribution in [3.05, 3.63) is 23.8 Å². The van der Waals surface area contributed by atoms with E-state index in [0.29, 0.717) is 12.1 Å². The number of hydrogen-bond acceptors (Lipinski definition) is 5. The van der Waals surface area contributed by atoms with Crippen LogP contribution in [0.4, 0.5) is 5.69 Å². The average Bonchev–Trinajstić information content (AvgIpc) is 2.47. The van der Waals surface area contributed by atoms with Crippen molar-refractivity contribution in [1.82, 2.24) is 0 Å².